The zero-order valence-corrected chi connectivity index (χ0v) is 16.2. The molecule has 0 saturated heterocycles. The number of ether oxygens (including phenoxy) is 1. The molecular formula is C21H27FN4O2. The molecule has 0 radical (unpaired) electrons. The van der Waals surface area contributed by atoms with Gasteiger partial charge in [-0.15, -0.1) is 0 Å². The van der Waals surface area contributed by atoms with Gasteiger partial charge >= 0.3 is 0 Å². The van der Waals surface area contributed by atoms with E-state index in [1.54, 1.807) is 19.2 Å². The zero-order chi connectivity index (χ0) is 20.2. The molecule has 6 nitrogen and oxygen atoms in total. The molecule has 150 valence electrons. The third-order valence-electron chi connectivity index (χ3n) is 4.02. The standard InChI is InChI=1S/C21H27FN4O2/c1-3-18(28-19-11-7-10-17(22)12-19)14-25-21(23-2)26-15-20(27)24-13-16-8-5-4-6-9-16/h4-12,18H,3,13-15H2,1-2H3,(H,24,27)(H2,23,25,26). The molecule has 0 saturated carbocycles. The van der Waals surface area contributed by atoms with Crippen molar-refractivity contribution in [1.29, 1.82) is 0 Å². The van der Waals surface area contributed by atoms with Gasteiger partial charge in [-0.1, -0.05) is 43.3 Å². The predicted octanol–water partition coefficient (Wildman–Crippen LogP) is 2.46. The van der Waals surface area contributed by atoms with Crippen LogP contribution in [-0.2, 0) is 11.3 Å². The number of aliphatic imine (C=N–C) groups is 1. The van der Waals surface area contributed by atoms with Gasteiger partial charge in [-0.2, -0.15) is 0 Å². The lowest BCUT2D eigenvalue weighted by atomic mass is 10.2. The topological polar surface area (TPSA) is 74.8 Å². The van der Waals surface area contributed by atoms with E-state index < -0.39 is 0 Å². The highest BCUT2D eigenvalue weighted by atomic mass is 19.1. The maximum atomic E-state index is 13.3. The van der Waals surface area contributed by atoms with Crippen molar-refractivity contribution < 1.29 is 13.9 Å². The molecule has 2 aromatic rings. The van der Waals surface area contributed by atoms with Gasteiger partial charge in [-0.05, 0) is 24.1 Å². The minimum Gasteiger partial charge on any atom is -0.489 e. The highest BCUT2D eigenvalue weighted by Crippen LogP contribution is 2.14. The van der Waals surface area contributed by atoms with Gasteiger partial charge in [0.2, 0.25) is 5.91 Å². The minimum absolute atomic E-state index is 0.105. The second-order valence-electron chi connectivity index (χ2n) is 6.17. The summed E-state index contributed by atoms with van der Waals surface area (Å²) in [4.78, 5) is 16.1. The fraction of sp³-hybridized carbons (Fsp3) is 0.333. The van der Waals surface area contributed by atoms with Crippen molar-refractivity contribution >= 4 is 11.9 Å². The number of amides is 1. The van der Waals surface area contributed by atoms with E-state index in [1.165, 1.54) is 12.1 Å². The second-order valence-corrected chi connectivity index (χ2v) is 6.17. The SMILES string of the molecule is CCC(CNC(=NC)NCC(=O)NCc1ccccc1)Oc1cccc(F)c1. The highest BCUT2D eigenvalue weighted by Gasteiger charge is 2.10. The van der Waals surface area contributed by atoms with Crippen molar-refractivity contribution in [2.24, 2.45) is 4.99 Å². The van der Waals surface area contributed by atoms with E-state index in [2.05, 4.69) is 20.9 Å². The van der Waals surface area contributed by atoms with Crippen LogP contribution < -0.4 is 20.7 Å². The number of hydrogen-bond donors (Lipinski definition) is 3. The van der Waals surface area contributed by atoms with Crippen molar-refractivity contribution in [2.45, 2.75) is 26.0 Å². The third-order valence-corrected chi connectivity index (χ3v) is 4.02. The number of nitrogens with one attached hydrogen (secondary N) is 3. The van der Waals surface area contributed by atoms with Crippen LogP contribution in [0.3, 0.4) is 0 Å². The fourth-order valence-electron chi connectivity index (χ4n) is 2.46. The summed E-state index contributed by atoms with van der Waals surface area (Å²) in [7, 11) is 1.63. The molecule has 1 unspecified atom stereocenters. The molecule has 0 aliphatic carbocycles. The Morgan fingerprint density at radius 2 is 1.89 bits per heavy atom. The van der Waals surface area contributed by atoms with Gasteiger partial charge in [-0.3, -0.25) is 9.79 Å². The summed E-state index contributed by atoms with van der Waals surface area (Å²) in [6.07, 6.45) is 0.574. The van der Waals surface area contributed by atoms with E-state index in [1.807, 2.05) is 37.3 Å². The summed E-state index contributed by atoms with van der Waals surface area (Å²) in [5.41, 5.74) is 1.04. The molecule has 7 heteroatoms. The number of benzene rings is 2. The number of hydrogen-bond acceptors (Lipinski definition) is 3. The summed E-state index contributed by atoms with van der Waals surface area (Å²) >= 11 is 0. The second kappa shape index (κ2) is 11.6. The first-order valence-electron chi connectivity index (χ1n) is 9.28. The van der Waals surface area contributed by atoms with Gasteiger partial charge in [0.25, 0.3) is 0 Å². The van der Waals surface area contributed by atoms with Gasteiger partial charge in [0.1, 0.15) is 17.7 Å². The molecule has 2 aromatic carbocycles. The summed E-state index contributed by atoms with van der Waals surface area (Å²) in [5.74, 6) is 0.516. The summed E-state index contributed by atoms with van der Waals surface area (Å²) in [6.45, 7) is 3.04. The first kappa shape index (κ1) is 21.2. The summed E-state index contributed by atoms with van der Waals surface area (Å²) < 4.78 is 19.1. The molecule has 0 bridgehead atoms. The Morgan fingerprint density at radius 1 is 1.11 bits per heavy atom. The Balaban J connectivity index is 1.72. The van der Waals surface area contributed by atoms with Crippen LogP contribution in [0.25, 0.3) is 0 Å². The lowest BCUT2D eigenvalue weighted by Gasteiger charge is -2.20. The Bertz CT molecular complexity index is 768. The van der Waals surface area contributed by atoms with Crippen molar-refractivity contribution in [3.8, 4) is 5.75 Å². The van der Waals surface area contributed by atoms with Gasteiger partial charge in [0, 0.05) is 19.7 Å². The number of rotatable bonds is 9. The van der Waals surface area contributed by atoms with Crippen molar-refractivity contribution in [1.82, 2.24) is 16.0 Å². The number of halogens is 1. The molecule has 0 heterocycles. The van der Waals surface area contributed by atoms with E-state index in [0.717, 1.165) is 12.0 Å². The Labute approximate surface area is 165 Å². The maximum absolute atomic E-state index is 13.3. The van der Waals surface area contributed by atoms with Crippen LogP contribution in [0.1, 0.15) is 18.9 Å². The van der Waals surface area contributed by atoms with Gasteiger partial charge in [0.15, 0.2) is 5.96 Å². The van der Waals surface area contributed by atoms with Crippen LogP contribution in [0.4, 0.5) is 4.39 Å². The molecule has 0 fully saturated rings. The molecule has 1 atom stereocenters. The molecule has 0 spiro atoms. The monoisotopic (exact) mass is 386 g/mol. The van der Waals surface area contributed by atoms with Crippen molar-refractivity contribution in [3.05, 3.63) is 66.0 Å². The highest BCUT2D eigenvalue weighted by molar-refractivity contribution is 5.86. The van der Waals surface area contributed by atoms with Gasteiger partial charge < -0.3 is 20.7 Å². The Hall–Kier alpha value is -3.09. The molecule has 28 heavy (non-hydrogen) atoms. The summed E-state index contributed by atoms with van der Waals surface area (Å²) in [6, 6.07) is 15.8. The molecule has 0 aromatic heterocycles. The first-order chi connectivity index (χ1) is 13.6. The fourth-order valence-corrected chi connectivity index (χ4v) is 2.46. The number of carbonyl (C=O) groups is 1. The van der Waals surface area contributed by atoms with Gasteiger partial charge in [-0.25, -0.2) is 4.39 Å². The van der Waals surface area contributed by atoms with Crippen molar-refractivity contribution in [3.63, 3.8) is 0 Å². The largest absolute Gasteiger partial charge is 0.489 e. The van der Waals surface area contributed by atoms with E-state index in [9.17, 15) is 9.18 Å². The summed E-state index contributed by atoms with van der Waals surface area (Å²) in [5, 5.41) is 8.94. The van der Waals surface area contributed by atoms with Crippen LogP contribution in [0.5, 0.6) is 5.75 Å². The smallest absolute Gasteiger partial charge is 0.239 e. The van der Waals surface area contributed by atoms with Crippen LogP contribution in [0.2, 0.25) is 0 Å². The molecule has 0 aliphatic rings. The molecule has 0 aliphatic heterocycles. The van der Waals surface area contributed by atoms with Gasteiger partial charge in [0.05, 0.1) is 13.1 Å². The van der Waals surface area contributed by atoms with Crippen LogP contribution in [0, 0.1) is 5.82 Å². The minimum atomic E-state index is -0.334. The number of carbonyl (C=O) groups excluding carboxylic acids is 1. The lowest BCUT2D eigenvalue weighted by molar-refractivity contribution is -0.120. The van der Waals surface area contributed by atoms with E-state index in [-0.39, 0.29) is 24.4 Å². The molecule has 1 amide bonds. The quantitative estimate of drug-likeness (QED) is 0.457. The first-order valence-corrected chi connectivity index (χ1v) is 9.28. The number of guanidine groups is 1. The molecule has 3 N–H and O–H groups in total. The Kier molecular flexibility index (Phi) is 8.78. The van der Waals surface area contributed by atoms with Crippen LogP contribution in [-0.4, -0.2) is 38.1 Å². The Morgan fingerprint density at radius 3 is 2.57 bits per heavy atom. The average molecular weight is 386 g/mol. The molecular weight excluding hydrogens is 359 g/mol. The van der Waals surface area contributed by atoms with E-state index >= 15 is 0 Å². The van der Waals surface area contributed by atoms with E-state index in [4.69, 9.17) is 4.74 Å². The third kappa shape index (κ3) is 7.65. The average Bonchev–Trinajstić information content (AvgIpc) is 2.72. The van der Waals surface area contributed by atoms with Crippen LogP contribution in [0.15, 0.2) is 59.6 Å². The van der Waals surface area contributed by atoms with E-state index in [0.29, 0.717) is 24.8 Å². The predicted molar refractivity (Wildman–Crippen MR) is 109 cm³/mol. The van der Waals surface area contributed by atoms with Crippen molar-refractivity contribution in [2.75, 3.05) is 20.1 Å². The molecule has 2 rings (SSSR count). The zero-order valence-electron chi connectivity index (χ0n) is 16.2. The number of nitrogens with zero attached hydrogens (tertiary/aromatic N) is 1. The lowest BCUT2D eigenvalue weighted by Crippen LogP contribution is -2.45. The van der Waals surface area contributed by atoms with Crippen LogP contribution >= 0.6 is 0 Å². The maximum Gasteiger partial charge on any atom is 0.239 e. The normalized spacial score (nSPS) is 12.2.